The van der Waals surface area contributed by atoms with Gasteiger partial charge < -0.3 is 24.1 Å². The summed E-state index contributed by atoms with van der Waals surface area (Å²) >= 11 is 0. The SMILES string of the molecule is CCCC(=O)OC[C@@H](OC(=O)CCC)[C@H](OC(=O)CCC)c1ccc(O)c(OC)c1. The minimum atomic E-state index is -1.04. The van der Waals surface area contributed by atoms with Gasteiger partial charge >= 0.3 is 17.9 Å². The Labute approximate surface area is 177 Å². The summed E-state index contributed by atoms with van der Waals surface area (Å²) in [4.78, 5) is 36.3. The molecule has 0 bridgehead atoms. The van der Waals surface area contributed by atoms with Gasteiger partial charge in [0.15, 0.2) is 23.7 Å². The van der Waals surface area contributed by atoms with Gasteiger partial charge in [-0.1, -0.05) is 26.8 Å². The van der Waals surface area contributed by atoms with E-state index in [2.05, 4.69) is 0 Å². The van der Waals surface area contributed by atoms with E-state index in [1.54, 1.807) is 0 Å². The molecule has 30 heavy (non-hydrogen) atoms. The van der Waals surface area contributed by atoms with Gasteiger partial charge in [0, 0.05) is 24.8 Å². The van der Waals surface area contributed by atoms with Crippen molar-refractivity contribution in [2.24, 2.45) is 0 Å². The highest BCUT2D eigenvalue weighted by atomic mass is 16.6. The van der Waals surface area contributed by atoms with Crippen LogP contribution in [0.4, 0.5) is 0 Å². The minimum absolute atomic E-state index is 0.0891. The summed E-state index contributed by atoms with van der Waals surface area (Å²) in [6.07, 6.45) is 0.274. The van der Waals surface area contributed by atoms with Crippen LogP contribution in [0, 0.1) is 0 Å². The van der Waals surface area contributed by atoms with E-state index in [0.717, 1.165) is 0 Å². The molecule has 0 aliphatic rings. The first-order valence-corrected chi connectivity index (χ1v) is 10.3. The van der Waals surface area contributed by atoms with Crippen molar-refractivity contribution in [3.63, 3.8) is 0 Å². The quantitative estimate of drug-likeness (QED) is 0.376. The van der Waals surface area contributed by atoms with E-state index in [1.165, 1.54) is 25.3 Å². The molecule has 0 fully saturated rings. The Balaban J connectivity index is 3.24. The van der Waals surface area contributed by atoms with Crippen molar-refractivity contribution in [2.75, 3.05) is 13.7 Å². The molecule has 0 heterocycles. The van der Waals surface area contributed by atoms with E-state index in [4.69, 9.17) is 18.9 Å². The van der Waals surface area contributed by atoms with Crippen LogP contribution in [-0.2, 0) is 28.6 Å². The number of hydrogen-bond acceptors (Lipinski definition) is 8. The van der Waals surface area contributed by atoms with Crippen molar-refractivity contribution >= 4 is 17.9 Å². The zero-order chi connectivity index (χ0) is 22.5. The second-order valence-electron chi connectivity index (χ2n) is 6.80. The monoisotopic (exact) mass is 424 g/mol. The van der Waals surface area contributed by atoms with E-state index in [0.29, 0.717) is 24.8 Å². The van der Waals surface area contributed by atoms with Gasteiger partial charge in [-0.05, 0) is 31.4 Å². The van der Waals surface area contributed by atoms with Gasteiger partial charge in [0.05, 0.1) is 7.11 Å². The maximum Gasteiger partial charge on any atom is 0.306 e. The average molecular weight is 424 g/mol. The lowest BCUT2D eigenvalue weighted by atomic mass is 10.0. The largest absolute Gasteiger partial charge is 0.504 e. The molecule has 0 unspecified atom stereocenters. The topological polar surface area (TPSA) is 108 Å². The molecular weight excluding hydrogens is 392 g/mol. The molecule has 0 aliphatic heterocycles. The van der Waals surface area contributed by atoms with Gasteiger partial charge in [0.25, 0.3) is 0 Å². The molecule has 2 atom stereocenters. The number of methoxy groups -OCH3 is 1. The highest BCUT2D eigenvalue weighted by Gasteiger charge is 2.32. The van der Waals surface area contributed by atoms with Gasteiger partial charge in [0.1, 0.15) is 6.61 Å². The number of aromatic hydroxyl groups is 1. The number of esters is 3. The maximum atomic E-state index is 12.3. The molecule has 8 heteroatoms. The number of phenolic OH excluding ortho intramolecular Hbond substituents is 1. The molecule has 0 spiro atoms. The molecule has 168 valence electrons. The predicted octanol–water partition coefficient (Wildman–Crippen LogP) is 3.84. The van der Waals surface area contributed by atoms with E-state index >= 15 is 0 Å². The Hall–Kier alpha value is -2.77. The van der Waals surface area contributed by atoms with Gasteiger partial charge in [-0.2, -0.15) is 0 Å². The fourth-order valence-electron chi connectivity index (χ4n) is 2.70. The molecule has 1 aromatic rings. The second kappa shape index (κ2) is 13.5. The van der Waals surface area contributed by atoms with Crippen LogP contribution in [-0.4, -0.2) is 42.8 Å². The van der Waals surface area contributed by atoms with Crippen LogP contribution < -0.4 is 4.74 Å². The van der Waals surface area contributed by atoms with Crippen molar-refractivity contribution < 1.29 is 38.4 Å². The Morgan fingerprint density at radius 1 is 0.900 bits per heavy atom. The molecule has 0 amide bonds. The van der Waals surface area contributed by atoms with Crippen molar-refractivity contribution in [1.82, 2.24) is 0 Å². The first kappa shape index (κ1) is 25.3. The van der Waals surface area contributed by atoms with Crippen LogP contribution >= 0.6 is 0 Å². The molecule has 1 N–H and O–H groups in total. The van der Waals surface area contributed by atoms with Crippen molar-refractivity contribution in [2.45, 2.75) is 71.5 Å². The standard InChI is InChI=1S/C22H32O8/c1-5-8-19(24)28-14-18(29-20(25)9-6-2)22(30-21(26)10-7-3)15-11-12-16(23)17(13-15)27-4/h11-13,18,22-23H,5-10,14H2,1-4H3/t18-,22-/m1/s1. The number of ether oxygens (including phenoxy) is 4. The van der Waals surface area contributed by atoms with Crippen LogP contribution in [0.3, 0.4) is 0 Å². The summed E-state index contributed by atoms with van der Waals surface area (Å²) < 4.78 is 21.5. The number of carbonyl (C=O) groups excluding carboxylic acids is 3. The Morgan fingerprint density at radius 2 is 1.47 bits per heavy atom. The molecule has 0 saturated carbocycles. The highest BCUT2D eigenvalue weighted by Crippen LogP contribution is 2.33. The fourth-order valence-corrected chi connectivity index (χ4v) is 2.70. The molecule has 0 aromatic heterocycles. The summed E-state index contributed by atoms with van der Waals surface area (Å²) in [7, 11) is 1.39. The van der Waals surface area contributed by atoms with Crippen molar-refractivity contribution in [3.05, 3.63) is 23.8 Å². The zero-order valence-corrected chi connectivity index (χ0v) is 18.1. The summed E-state index contributed by atoms with van der Waals surface area (Å²) in [6.45, 7) is 5.26. The minimum Gasteiger partial charge on any atom is -0.504 e. The Bertz CT molecular complexity index is 700. The van der Waals surface area contributed by atoms with E-state index < -0.39 is 30.1 Å². The maximum absolute atomic E-state index is 12.3. The summed E-state index contributed by atoms with van der Waals surface area (Å²) in [6, 6.07) is 4.42. The van der Waals surface area contributed by atoms with E-state index in [1.807, 2.05) is 20.8 Å². The molecule has 8 nitrogen and oxygen atoms in total. The van der Waals surface area contributed by atoms with Crippen LogP contribution in [0.1, 0.15) is 71.0 Å². The first-order chi connectivity index (χ1) is 14.4. The molecular formula is C22H32O8. The first-order valence-electron chi connectivity index (χ1n) is 10.3. The zero-order valence-electron chi connectivity index (χ0n) is 18.1. The highest BCUT2D eigenvalue weighted by molar-refractivity contribution is 5.71. The third kappa shape index (κ3) is 8.31. The number of carbonyl (C=O) groups is 3. The molecule has 0 aliphatic carbocycles. The van der Waals surface area contributed by atoms with Crippen LogP contribution in [0.25, 0.3) is 0 Å². The smallest absolute Gasteiger partial charge is 0.306 e. The summed E-state index contributed by atoms with van der Waals surface area (Å²) in [5.41, 5.74) is 0.440. The van der Waals surface area contributed by atoms with Gasteiger partial charge in [-0.25, -0.2) is 0 Å². The lowest BCUT2D eigenvalue weighted by Gasteiger charge is -2.27. The van der Waals surface area contributed by atoms with E-state index in [9.17, 15) is 19.5 Å². The normalized spacial score (nSPS) is 12.5. The number of benzene rings is 1. The predicted molar refractivity (Wildman–Crippen MR) is 109 cm³/mol. The van der Waals surface area contributed by atoms with Crippen LogP contribution in [0.15, 0.2) is 18.2 Å². The van der Waals surface area contributed by atoms with E-state index in [-0.39, 0.29) is 37.4 Å². The van der Waals surface area contributed by atoms with Crippen molar-refractivity contribution in [1.29, 1.82) is 0 Å². The number of hydrogen-bond donors (Lipinski definition) is 1. The average Bonchev–Trinajstić information content (AvgIpc) is 2.70. The van der Waals surface area contributed by atoms with Gasteiger partial charge in [0.2, 0.25) is 0 Å². The number of rotatable bonds is 13. The lowest BCUT2D eigenvalue weighted by molar-refractivity contribution is -0.176. The molecule has 0 saturated heterocycles. The van der Waals surface area contributed by atoms with Gasteiger partial charge in [-0.15, -0.1) is 0 Å². The summed E-state index contributed by atoms with van der Waals surface area (Å²) in [5.74, 6) is -1.32. The Kier molecular flexibility index (Phi) is 11.3. The Morgan fingerprint density at radius 3 is 2.03 bits per heavy atom. The third-order valence-corrected chi connectivity index (χ3v) is 4.18. The fraction of sp³-hybridized carbons (Fsp3) is 0.591. The lowest BCUT2D eigenvalue weighted by Crippen LogP contribution is -2.34. The van der Waals surface area contributed by atoms with Crippen LogP contribution in [0.5, 0.6) is 11.5 Å². The molecule has 1 aromatic carbocycles. The third-order valence-electron chi connectivity index (χ3n) is 4.18. The number of phenols is 1. The molecule has 0 radical (unpaired) electrons. The molecule has 1 rings (SSSR count). The van der Waals surface area contributed by atoms with Crippen LogP contribution in [0.2, 0.25) is 0 Å². The summed E-state index contributed by atoms with van der Waals surface area (Å²) in [5, 5.41) is 9.88. The second-order valence-corrected chi connectivity index (χ2v) is 6.80. The van der Waals surface area contributed by atoms with Gasteiger partial charge in [-0.3, -0.25) is 14.4 Å². The van der Waals surface area contributed by atoms with Crippen molar-refractivity contribution in [3.8, 4) is 11.5 Å².